The van der Waals surface area contributed by atoms with Gasteiger partial charge in [-0.25, -0.2) is 4.79 Å². The number of benzene rings is 1. The number of hydrogen-bond donors (Lipinski definition) is 1. The van der Waals surface area contributed by atoms with E-state index in [0.717, 1.165) is 44.1 Å². The summed E-state index contributed by atoms with van der Waals surface area (Å²) in [5.41, 5.74) is 0.877. The molecule has 6 nitrogen and oxygen atoms in total. The van der Waals surface area contributed by atoms with Crippen molar-refractivity contribution in [3.05, 3.63) is 23.3 Å². The van der Waals surface area contributed by atoms with Crippen LogP contribution in [0.15, 0.2) is 12.1 Å². The van der Waals surface area contributed by atoms with Gasteiger partial charge in [-0.05, 0) is 44.7 Å². The molecule has 1 atom stereocenters. The van der Waals surface area contributed by atoms with E-state index in [0.29, 0.717) is 29.9 Å². The van der Waals surface area contributed by atoms with E-state index < -0.39 is 11.6 Å². The number of carbonyl (C=O) groups is 2. The van der Waals surface area contributed by atoms with Gasteiger partial charge in [0.2, 0.25) is 0 Å². The van der Waals surface area contributed by atoms with Crippen LogP contribution < -0.4 is 9.47 Å². The molecule has 0 amide bonds. The molecule has 156 valence electrons. The Kier molecular flexibility index (Phi) is 8.30. The van der Waals surface area contributed by atoms with Crippen molar-refractivity contribution in [1.29, 1.82) is 0 Å². The van der Waals surface area contributed by atoms with Crippen LogP contribution >= 0.6 is 0 Å². The Morgan fingerprint density at radius 3 is 2.68 bits per heavy atom. The van der Waals surface area contributed by atoms with Gasteiger partial charge in [0.1, 0.15) is 17.1 Å². The number of unbranched alkanes of at least 4 members (excludes halogenated alkanes) is 3. The molecule has 1 heterocycles. The summed E-state index contributed by atoms with van der Waals surface area (Å²) in [5.74, 6) is 0.783. The van der Waals surface area contributed by atoms with Gasteiger partial charge in [-0.2, -0.15) is 0 Å². The van der Waals surface area contributed by atoms with Crippen LogP contribution in [-0.2, 0) is 16.0 Å². The fourth-order valence-corrected chi connectivity index (χ4v) is 3.58. The number of esters is 1. The van der Waals surface area contributed by atoms with Crippen LogP contribution in [0.5, 0.6) is 11.5 Å². The van der Waals surface area contributed by atoms with E-state index in [1.54, 1.807) is 12.1 Å². The average Bonchev–Trinajstić information content (AvgIpc) is 2.67. The number of methoxy groups -OCH3 is 1. The molecule has 1 aliphatic heterocycles. The summed E-state index contributed by atoms with van der Waals surface area (Å²) in [7, 11) is 1.32. The molecule has 1 N–H and O–H groups in total. The lowest BCUT2D eigenvalue weighted by atomic mass is 9.85. The summed E-state index contributed by atoms with van der Waals surface area (Å²) in [5, 5.41) is 8.90. The van der Waals surface area contributed by atoms with Crippen LogP contribution in [0.2, 0.25) is 0 Å². The molecule has 0 aliphatic carbocycles. The van der Waals surface area contributed by atoms with Crippen molar-refractivity contribution in [2.24, 2.45) is 0 Å². The fraction of sp³-hybridized carbons (Fsp3) is 0.636. The third-order valence-corrected chi connectivity index (χ3v) is 5.09. The van der Waals surface area contributed by atoms with Crippen LogP contribution in [0.1, 0.15) is 74.7 Å². The SMILES string of the molecule is CCCc1c(OCC(=O)OC)ccc2c1OC(C)(CCCCCCO)CC2=O. The maximum absolute atomic E-state index is 12.8. The maximum atomic E-state index is 12.8. The molecule has 0 bridgehead atoms. The lowest BCUT2D eigenvalue weighted by Gasteiger charge is -2.36. The summed E-state index contributed by atoms with van der Waals surface area (Å²) in [6.45, 7) is 4.07. The van der Waals surface area contributed by atoms with E-state index in [1.807, 2.05) is 6.92 Å². The number of aliphatic hydroxyl groups excluding tert-OH is 1. The summed E-state index contributed by atoms with van der Waals surface area (Å²) in [6, 6.07) is 3.47. The first kappa shape index (κ1) is 22.2. The Labute approximate surface area is 167 Å². The number of rotatable bonds is 11. The zero-order chi connectivity index (χ0) is 20.6. The molecule has 2 rings (SSSR count). The van der Waals surface area contributed by atoms with Gasteiger partial charge >= 0.3 is 5.97 Å². The molecule has 1 aromatic carbocycles. The van der Waals surface area contributed by atoms with Crippen molar-refractivity contribution in [2.45, 2.75) is 70.8 Å². The highest BCUT2D eigenvalue weighted by Gasteiger charge is 2.38. The van der Waals surface area contributed by atoms with Gasteiger partial charge < -0.3 is 19.3 Å². The lowest BCUT2D eigenvalue weighted by Crippen LogP contribution is -2.39. The molecule has 0 saturated carbocycles. The number of fused-ring (bicyclic) bond motifs is 1. The highest BCUT2D eigenvalue weighted by molar-refractivity contribution is 6.01. The molecule has 6 heteroatoms. The Bertz CT molecular complexity index is 684. The molecule has 28 heavy (non-hydrogen) atoms. The van der Waals surface area contributed by atoms with Crippen LogP contribution in [0.25, 0.3) is 0 Å². The minimum absolute atomic E-state index is 0.0796. The van der Waals surface area contributed by atoms with Gasteiger partial charge in [0, 0.05) is 12.2 Å². The van der Waals surface area contributed by atoms with Gasteiger partial charge in [0.05, 0.1) is 19.1 Å². The standard InChI is InChI=1S/C22H32O6/c1-4-9-17-19(27-15-20(25)26-3)11-10-16-18(24)14-22(2,28-21(16)17)12-7-5-6-8-13-23/h10-11,23H,4-9,12-15H2,1-3H3. The highest BCUT2D eigenvalue weighted by atomic mass is 16.6. The second-order valence-corrected chi connectivity index (χ2v) is 7.57. The zero-order valence-corrected chi connectivity index (χ0v) is 17.2. The van der Waals surface area contributed by atoms with Crippen LogP contribution in [0, 0.1) is 0 Å². The van der Waals surface area contributed by atoms with E-state index in [4.69, 9.17) is 14.6 Å². The largest absolute Gasteiger partial charge is 0.486 e. The van der Waals surface area contributed by atoms with Gasteiger partial charge in [0.25, 0.3) is 0 Å². The minimum atomic E-state index is -0.549. The first-order valence-corrected chi connectivity index (χ1v) is 10.1. The summed E-state index contributed by atoms with van der Waals surface area (Å²) >= 11 is 0. The Morgan fingerprint density at radius 1 is 1.25 bits per heavy atom. The van der Waals surface area contributed by atoms with E-state index in [1.165, 1.54) is 7.11 Å². The summed E-state index contributed by atoms with van der Waals surface area (Å²) < 4.78 is 16.7. The van der Waals surface area contributed by atoms with Crippen molar-refractivity contribution in [3.63, 3.8) is 0 Å². The van der Waals surface area contributed by atoms with Crippen molar-refractivity contribution in [1.82, 2.24) is 0 Å². The number of Topliss-reactive ketones (excluding diaryl/α,β-unsaturated/α-hetero) is 1. The molecule has 0 radical (unpaired) electrons. The first-order valence-electron chi connectivity index (χ1n) is 10.1. The number of aliphatic hydroxyl groups is 1. The topological polar surface area (TPSA) is 82.1 Å². The number of hydrogen-bond acceptors (Lipinski definition) is 6. The Hall–Kier alpha value is -2.08. The predicted octanol–water partition coefficient (Wildman–Crippen LogP) is 3.86. The molecule has 0 fully saturated rings. The third kappa shape index (κ3) is 5.71. The van der Waals surface area contributed by atoms with Crippen LogP contribution in [0.4, 0.5) is 0 Å². The van der Waals surface area contributed by atoms with E-state index in [2.05, 4.69) is 11.7 Å². The van der Waals surface area contributed by atoms with Crippen molar-refractivity contribution >= 4 is 11.8 Å². The molecule has 1 aliphatic rings. The molecule has 1 aromatic rings. The van der Waals surface area contributed by atoms with Crippen molar-refractivity contribution in [2.75, 3.05) is 20.3 Å². The summed E-state index contributed by atoms with van der Waals surface area (Å²) in [4.78, 5) is 24.2. The molecule has 0 spiro atoms. The second kappa shape index (κ2) is 10.5. The maximum Gasteiger partial charge on any atom is 0.343 e. The summed E-state index contributed by atoms with van der Waals surface area (Å²) in [6.07, 6.45) is 6.42. The molecule has 1 unspecified atom stereocenters. The van der Waals surface area contributed by atoms with E-state index >= 15 is 0 Å². The minimum Gasteiger partial charge on any atom is -0.486 e. The first-order chi connectivity index (χ1) is 13.4. The Balaban J connectivity index is 2.21. The second-order valence-electron chi connectivity index (χ2n) is 7.57. The van der Waals surface area contributed by atoms with Crippen LogP contribution in [-0.4, -0.2) is 42.8 Å². The zero-order valence-electron chi connectivity index (χ0n) is 17.2. The van der Waals surface area contributed by atoms with Crippen LogP contribution in [0.3, 0.4) is 0 Å². The monoisotopic (exact) mass is 392 g/mol. The predicted molar refractivity (Wildman–Crippen MR) is 106 cm³/mol. The smallest absolute Gasteiger partial charge is 0.343 e. The van der Waals surface area contributed by atoms with Crippen molar-refractivity contribution < 1.29 is 28.9 Å². The van der Waals surface area contributed by atoms with Gasteiger partial charge in [-0.1, -0.05) is 26.2 Å². The van der Waals surface area contributed by atoms with Gasteiger partial charge in [0.15, 0.2) is 12.4 Å². The highest BCUT2D eigenvalue weighted by Crippen LogP contribution is 2.42. The van der Waals surface area contributed by atoms with E-state index in [9.17, 15) is 9.59 Å². The molecule has 0 aromatic heterocycles. The molecular weight excluding hydrogens is 360 g/mol. The normalized spacial score (nSPS) is 18.4. The fourth-order valence-electron chi connectivity index (χ4n) is 3.58. The molecule has 0 saturated heterocycles. The lowest BCUT2D eigenvalue weighted by molar-refractivity contribution is -0.142. The number of ketones is 1. The third-order valence-electron chi connectivity index (χ3n) is 5.09. The average molecular weight is 392 g/mol. The van der Waals surface area contributed by atoms with Crippen molar-refractivity contribution in [3.8, 4) is 11.5 Å². The van der Waals surface area contributed by atoms with E-state index in [-0.39, 0.29) is 19.0 Å². The van der Waals surface area contributed by atoms with Gasteiger partial charge in [-0.15, -0.1) is 0 Å². The molecular formula is C22H32O6. The van der Waals surface area contributed by atoms with Gasteiger partial charge in [-0.3, -0.25) is 4.79 Å². The number of carbonyl (C=O) groups excluding carboxylic acids is 2. The quantitative estimate of drug-likeness (QED) is 0.455. The number of ether oxygens (including phenoxy) is 3. The Morgan fingerprint density at radius 2 is 2.00 bits per heavy atom.